The number of rotatable bonds is 8. The Morgan fingerprint density at radius 3 is 2.55 bits per heavy atom. The second-order valence-electron chi connectivity index (χ2n) is 7.54. The van der Waals surface area contributed by atoms with Gasteiger partial charge >= 0.3 is 0 Å². The second kappa shape index (κ2) is 12.1. The number of hydrogen-bond acceptors (Lipinski definition) is 6. The average molecular weight is 465 g/mol. The minimum absolute atomic E-state index is 0.0203. The summed E-state index contributed by atoms with van der Waals surface area (Å²) in [4.78, 5) is 40.4. The largest absolute Gasteiger partial charge is 0.504 e. The van der Waals surface area contributed by atoms with Gasteiger partial charge in [0.1, 0.15) is 17.2 Å². The zero-order valence-corrected chi connectivity index (χ0v) is 19.0. The van der Waals surface area contributed by atoms with Crippen LogP contribution in [0.4, 0.5) is 8.78 Å². The molecule has 33 heavy (non-hydrogen) atoms. The van der Waals surface area contributed by atoms with Gasteiger partial charge in [0.15, 0.2) is 5.76 Å². The van der Waals surface area contributed by atoms with Crippen molar-refractivity contribution < 1.29 is 28.3 Å². The Labute approximate surface area is 191 Å². The fraction of sp³-hybridized carbons (Fsp3) is 0.435. The van der Waals surface area contributed by atoms with Crippen LogP contribution in [0.1, 0.15) is 52.0 Å². The smallest absolute Gasteiger partial charge is 0.257 e. The van der Waals surface area contributed by atoms with Crippen LogP contribution in [0.25, 0.3) is 0 Å². The van der Waals surface area contributed by atoms with Crippen LogP contribution in [-0.2, 0) is 20.9 Å². The van der Waals surface area contributed by atoms with Crippen molar-refractivity contribution in [1.82, 2.24) is 21.1 Å². The zero-order chi connectivity index (χ0) is 24.5. The van der Waals surface area contributed by atoms with Gasteiger partial charge in [0.2, 0.25) is 5.78 Å². The van der Waals surface area contributed by atoms with E-state index in [0.29, 0.717) is 25.5 Å². The van der Waals surface area contributed by atoms with Crippen LogP contribution >= 0.6 is 0 Å². The van der Waals surface area contributed by atoms with E-state index in [4.69, 9.17) is 0 Å². The van der Waals surface area contributed by atoms with Crippen molar-refractivity contribution in [2.24, 2.45) is 0 Å². The Morgan fingerprint density at radius 1 is 1.21 bits per heavy atom. The van der Waals surface area contributed by atoms with Crippen LogP contribution in [0, 0.1) is 11.6 Å². The van der Waals surface area contributed by atoms with Crippen molar-refractivity contribution in [2.45, 2.75) is 59.2 Å². The number of aliphatic hydroxyl groups excluding tert-OH is 1. The highest BCUT2D eigenvalue weighted by atomic mass is 19.1. The number of aliphatic hydroxyl groups is 1. The molecule has 0 spiro atoms. The number of benzene rings is 1. The number of allylic oxidation sites excluding steroid dienone is 1. The maximum absolute atomic E-state index is 13.9. The first-order valence-electron chi connectivity index (χ1n) is 11.0. The van der Waals surface area contributed by atoms with Gasteiger partial charge in [0.25, 0.3) is 11.8 Å². The lowest BCUT2D eigenvalue weighted by Gasteiger charge is -2.32. The minimum atomic E-state index is -1.04. The van der Waals surface area contributed by atoms with E-state index in [-0.39, 0.29) is 24.1 Å². The number of unbranched alkanes of at least 4 members (excludes halogenated alkanes) is 1. The third-order valence-electron chi connectivity index (χ3n) is 5.31. The van der Waals surface area contributed by atoms with Gasteiger partial charge in [-0.15, -0.1) is 0 Å². The molecule has 1 atom stereocenters. The van der Waals surface area contributed by atoms with E-state index >= 15 is 0 Å². The highest BCUT2D eigenvalue weighted by molar-refractivity contribution is 6.26. The van der Waals surface area contributed by atoms with Crippen molar-refractivity contribution in [2.75, 3.05) is 6.54 Å². The normalized spacial score (nSPS) is 21.3. The number of nitrogens with zero attached hydrogens (tertiary/aromatic N) is 1. The Morgan fingerprint density at radius 2 is 1.94 bits per heavy atom. The first kappa shape index (κ1) is 26.0. The first-order valence-corrected chi connectivity index (χ1v) is 11.0. The molecule has 1 aromatic rings. The van der Waals surface area contributed by atoms with Gasteiger partial charge in [-0.25, -0.2) is 14.2 Å². The van der Waals surface area contributed by atoms with Crippen LogP contribution in [0.3, 0.4) is 0 Å². The summed E-state index contributed by atoms with van der Waals surface area (Å²) < 4.78 is 27.0. The summed E-state index contributed by atoms with van der Waals surface area (Å²) in [7, 11) is 0. The monoisotopic (exact) mass is 464 g/mol. The Bertz CT molecular complexity index is 962. The van der Waals surface area contributed by atoms with Gasteiger partial charge in [0.05, 0.1) is 11.7 Å². The van der Waals surface area contributed by atoms with Crippen LogP contribution in [0.2, 0.25) is 0 Å². The molecule has 0 radical (unpaired) electrons. The molecule has 2 amide bonds. The summed E-state index contributed by atoms with van der Waals surface area (Å²) >= 11 is 0. The van der Waals surface area contributed by atoms with Gasteiger partial charge < -0.3 is 20.7 Å². The molecule has 4 N–H and O–H groups in total. The van der Waals surface area contributed by atoms with Gasteiger partial charge in [-0.1, -0.05) is 26.3 Å². The summed E-state index contributed by atoms with van der Waals surface area (Å²) in [6, 6.07) is 2.91. The van der Waals surface area contributed by atoms with Gasteiger partial charge in [-0.05, 0) is 32.3 Å². The predicted octanol–water partition coefficient (Wildman–Crippen LogP) is 2.73. The number of likely N-dealkylation sites (N-methyl/N-ethyl adjacent to an activating group) is 1. The zero-order valence-electron chi connectivity index (χ0n) is 19.0. The highest BCUT2D eigenvalue weighted by Gasteiger charge is 2.32. The Hall–Kier alpha value is -3.27. The number of hydrazine groups is 1. The average Bonchev–Trinajstić information content (AvgIpc) is 2.79. The molecule has 10 heteroatoms. The minimum Gasteiger partial charge on any atom is -0.504 e. The van der Waals surface area contributed by atoms with E-state index in [1.165, 1.54) is 11.0 Å². The molecule has 0 unspecified atom stereocenters. The fourth-order valence-electron chi connectivity index (χ4n) is 3.40. The third-order valence-corrected chi connectivity index (χ3v) is 5.31. The van der Waals surface area contributed by atoms with Crippen LogP contribution < -0.4 is 16.2 Å². The maximum Gasteiger partial charge on any atom is 0.257 e. The summed E-state index contributed by atoms with van der Waals surface area (Å²) in [6.45, 7) is 5.58. The van der Waals surface area contributed by atoms with E-state index in [0.717, 1.165) is 18.7 Å². The van der Waals surface area contributed by atoms with E-state index in [2.05, 4.69) is 16.2 Å². The van der Waals surface area contributed by atoms with Crippen molar-refractivity contribution in [3.63, 3.8) is 0 Å². The molecule has 0 aromatic heterocycles. The van der Waals surface area contributed by atoms with Crippen molar-refractivity contribution in [1.29, 1.82) is 0 Å². The van der Waals surface area contributed by atoms with Gasteiger partial charge in [0, 0.05) is 30.9 Å². The number of nitrogens with one attached hydrogen (secondary N) is 3. The molecule has 1 aliphatic rings. The third kappa shape index (κ3) is 6.38. The summed E-state index contributed by atoms with van der Waals surface area (Å²) in [6.07, 6.45) is 2.61. The Kier molecular flexibility index (Phi) is 9.53. The second-order valence-corrected chi connectivity index (χ2v) is 7.54. The van der Waals surface area contributed by atoms with Gasteiger partial charge in [-0.2, -0.15) is 0 Å². The van der Waals surface area contributed by atoms with Crippen molar-refractivity contribution in [3.8, 4) is 0 Å². The number of carbonyl (C=O) groups is 3. The summed E-state index contributed by atoms with van der Waals surface area (Å²) in [5, 5.41) is 13.1. The summed E-state index contributed by atoms with van der Waals surface area (Å²) in [5.74, 6) is -4.82. The highest BCUT2D eigenvalue weighted by Crippen LogP contribution is 2.20. The maximum atomic E-state index is 13.9. The number of carbonyl (C=O) groups excluding carboxylic acids is 3. The standard InChI is InChI=1S/C23H30F2N4O4/c1-4-7-8-16-20(30)21(31)17(13-27-28-19(5-2)29(6-3)23(16)33)22(32)26-12-14-9-10-15(24)11-18(14)25/h9-11,13,19,27-28,30H,4-8,12H2,1-3H3,(H,26,32)/b17-13+,20-16-/t19-/m0/s1. The molecule has 0 saturated heterocycles. The molecule has 0 aliphatic carbocycles. The quantitative estimate of drug-likeness (QED) is 0.441. The number of ketones is 1. The molecular weight excluding hydrogens is 434 g/mol. The lowest BCUT2D eigenvalue weighted by molar-refractivity contribution is -0.131. The van der Waals surface area contributed by atoms with Crippen molar-refractivity contribution in [3.05, 3.63) is 58.5 Å². The lowest BCUT2D eigenvalue weighted by atomic mass is 10.00. The first-order chi connectivity index (χ1) is 15.7. The molecular formula is C23H30F2N4O4. The van der Waals surface area contributed by atoms with Gasteiger partial charge in [-0.3, -0.25) is 14.4 Å². The fourth-order valence-corrected chi connectivity index (χ4v) is 3.40. The molecule has 0 bridgehead atoms. The molecule has 0 fully saturated rings. The van der Waals surface area contributed by atoms with E-state index in [1.807, 2.05) is 13.8 Å². The Balaban J connectivity index is 2.38. The van der Waals surface area contributed by atoms with Crippen LogP contribution in [0.15, 0.2) is 41.3 Å². The molecule has 2 rings (SSSR count). The molecule has 180 valence electrons. The molecule has 1 aromatic carbocycles. The van der Waals surface area contributed by atoms with Crippen LogP contribution in [-0.4, -0.2) is 40.3 Å². The molecule has 1 aliphatic heterocycles. The van der Waals surface area contributed by atoms with E-state index in [1.54, 1.807) is 6.92 Å². The predicted molar refractivity (Wildman–Crippen MR) is 118 cm³/mol. The molecule has 8 nitrogen and oxygen atoms in total. The van der Waals surface area contributed by atoms with E-state index < -0.39 is 46.7 Å². The van der Waals surface area contributed by atoms with E-state index in [9.17, 15) is 28.3 Å². The number of hydrogen-bond donors (Lipinski definition) is 4. The lowest BCUT2D eigenvalue weighted by Crippen LogP contribution is -2.53. The number of Topliss-reactive ketones (excluding diaryl/α,β-unsaturated/α-hetero) is 1. The topological polar surface area (TPSA) is 111 Å². The number of amides is 2. The molecule has 1 heterocycles. The molecule has 0 saturated carbocycles. The van der Waals surface area contributed by atoms with Crippen molar-refractivity contribution >= 4 is 17.6 Å². The van der Waals surface area contributed by atoms with Crippen LogP contribution in [0.5, 0.6) is 0 Å². The number of halogens is 2. The SMILES string of the molecule is CCCC/C1=C(/O)C(=O)/C(C(=O)NCc2ccc(F)cc2F)=C\NN[C@H](CC)N(CC)C1=O. The summed E-state index contributed by atoms with van der Waals surface area (Å²) in [5.41, 5.74) is 5.04.